The number of aryl methyl sites for hydroxylation is 3. The maximum absolute atomic E-state index is 12.4. The Hall–Kier alpha value is -2.18. The summed E-state index contributed by atoms with van der Waals surface area (Å²) in [6, 6.07) is 0. The second-order valence-electron chi connectivity index (χ2n) is 4.25. The molecular weight excluding hydrogens is 248 g/mol. The molecule has 7 heteroatoms. The third kappa shape index (κ3) is 2.64. The van der Waals surface area contributed by atoms with Gasteiger partial charge in [0.1, 0.15) is 11.3 Å². The fraction of sp³-hybridized carbons (Fsp3) is 0.500. The Kier molecular flexibility index (Phi) is 3.64. The van der Waals surface area contributed by atoms with Gasteiger partial charge in [-0.25, -0.2) is 0 Å². The minimum absolute atomic E-state index is 0.138. The lowest BCUT2D eigenvalue weighted by molar-refractivity contribution is 0.0745. The van der Waals surface area contributed by atoms with Crippen LogP contribution in [-0.2, 0) is 6.54 Å². The van der Waals surface area contributed by atoms with Crippen LogP contribution < -0.4 is 0 Å². The van der Waals surface area contributed by atoms with Crippen molar-refractivity contribution < 1.29 is 13.8 Å². The minimum Gasteiger partial charge on any atom is -0.361 e. The molecule has 0 aliphatic heterocycles. The van der Waals surface area contributed by atoms with Crippen molar-refractivity contribution in [1.82, 2.24) is 20.2 Å². The molecule has 2 rings (SSSR count). The molecule has 2 heterocycles. The number of amides is 1. The van der Waals surface area contributed by atoms with E-state index < -0.39 is 0 Å². The van der Waals surface area contributed by atoms with Crippen molar-refractivity contribution in [2.45, 2.75) is 34.2 Å². The number of hydrogen-bond donors (Lipinski definition) is 0. The predicted molar refractivity (Wildman–Crippen MR) is 65.4 cm³/mol. The third-order valence-corrected chi connectivity index (χ3v) is 2.82. The van der Waals surface area contributed by atoms with Crippen molar-refractivity contribution in [3.8, 4) is 0 Å². The Labute approximate surface area is 110 Å². The van der Waals surface area contributed by atoms with E-state index in [1.807, 2.05) is 6.92 Å². The van der Waals surface area contributed by atoms with Crippen LogP contribution in [-0.4, -0.2) is 32.6 Å². The standard InChI is InChI=1S/C12H16N4O3/c1-5-16(6-10-13-9(4)19-15-10)12(17)11-7(2)14-18-8(11)3/h5-6H2,1-4H3. The quantitative estimate of drug-likeness (QED) is 0.834. The highest BCUT2D eigenvalue weighted by Crippen LogP contribution is 2.16. The first-order chi connectivity index (χ1) is 9.02. The molecule has 19 heavy (non-hydrogen) atoms. The van der Waals surface area contributed by atoms with E-state index >= 15 is 0 Å². The van der Waals surface area contributed by atoms with Crippen LogP contribution in [0.1, 0.15) is 40.5 Å². The summed E-state index contributed by atoms with van der Waals surface area (Å²) < 4.78 is 9.92. The molecule has 0 spiro atoms. The van der Waals surface area contributed by atoms with Gasteiger partial charge in [0.05, 0.1) is 12.2 Å². The lowest BCUT2D eigenvalue weighted by atomic mass is 10.2. The first kappa shape index (κ1) is 13.3. The van der Waals surface area contributed by atoms with E-state index in [0.717, 1.165) is 0 Å². The van der Waals surface area contributed by atoms with Crippen LogP contribution in [0.4, 0.5) is 0 Å². The zero-order chi connectivity index (χ0) is 14.0. The van der Waals surface area contributed by atoms with Crippen LogP contribution in [0.15, 0.2) is 9.05 Å². The van der Waals surface area contributed by atoms with Gasteiger partial charge in [-0.3, -0.25) is 4.79 Å². The van der Waals surface area contributed by atoms with Crippen molar-refractivity contribution in [1.29, 1.82) is 0 Å². The molecule has 1 amide bonds. The third-order valence-electron chi connectivity index (χ3n) is 2.82. The molecule has 2 aromatic rings. The van der Waals surface area contributed by atoms with Crippen molar-refractivity contribution in [3.05, 3.63) is 28.7 Å². The molecule has 0 aromatic carbocycles. The molecule has 0 fully saturated rings. The molecule has 7 nitrogen and oxygen atoms in total. The van der Waals surface area contributed by atoms with E-state index in [1.54, 1.807) is 25.7 Å². The summed E-state index contributed by atoms with van der Waals surface area (Å²) in [6.45, 7) is 7.91. The predicted octanol–water partition coefficient (Wildman–Crippen LogP) is 1.65. The lowest BCUT2D eigenvalue weighted by Crippen LogP contribution is -2.31. The molecule has 102 valence electrons. The van der Waals surface area contributed by atoms with E-state index in [4.69, 9.17) is 9.05 Å². The van der Waals surface area contributed by atoms with Gasteiger partial charge in [-0.05, 0) is 20.8 Å². The summed E-state index contributed by atoms with van der Waals surface area (Å²) in [6.07, 6.45) is 0. The molecule has 0 bridgehead atoms. The maximum Gasteiger partial charge on any atom is 0.259 e. The molecule has 0 saturated carbocycles. The van der Waals surface area contributed by atoms with Crippen molar-refractivity contribution in [3.63, 3.8) is 0 Å². The maximum atomic E-state index is 12.4. The van der Waals surface area contributed by atoms with Crippen LogP contribution in [0, 0.1) is 20.8 Å². The van der Waals surface area contributed by atoms with E-state index in [2.05, 4.69) is 15.3 Å². The largest absolute Gasteiger partial charge is 0.361 e. The van der Waals surface area contributed by atoms with E-state index in [0.29, 0.717) is 41.8 Å². The van der Waals surface area contributed by atoms with Gasteiger partial charge in [-0.2, -0.15) is 4.98 Å². The number of aromatic nitrogens is 3. The minimum atomic E-state index is -0.138. The summed E-state index contributed by atoms with van der Waals surface area (Å²) >= 11 is 0. The van der Waals surface area contributed by atoms with Crippen LogP contribution in [0.2, 0.25) is 0 Å². The molecule has 0 radical (unpaired) electrons. The number of carbonyl (C=O) groups excluding carboxylic acids is 1. The summed E-state index contributed by atoms with van der Waals surface area (Å²) in [5.41, 5.74) is 1.09. The number of nitrogens with zero attached hydrogens (tertiary/aromatic N) is 4. The summed E-state index contributed by atoms with van der Waals surface area (Å²) in [4.78, 5) is 18.1. The van der Waals surface area contributed by atoms with E-state index in [9.17, 15) is 4.79 Å². The van der Waals surface area contributed by atoms with Gasteiger partial charge in [-0.15, -0.1) is 0 Å². The highest BCUT2D eigenvalue weighted by molar-refractivity contribution is 5.96. The number of hydrogen-bond acceptors (Lipinski definition) is 6. The first-order valence-electron chi connectivity index (χ1n) is 6.04. The van der Waals surface area contributed by atoms with Crippen LogP contribution in [0.25, 0.3) is 0 Å². The van der Waals surface area contributed by atoms with Gasteiger partial charge >= 0.3 is 0 Å². The van der Waals surface area contributed by atoms with E-state index in [-0.39, 0.29) is 5.91 Å². The van der Waals surface area contributed by atoms with Crippen LogP contribution >= 0.6 is 0 Å². The monoisotopic (exact) mass is 264 g/mol. The Bertz CT molecular complexity index is 568. The summed E-state index contributed by atoms with van der Waals surface area (Å²) in [5.74, 6) is 1.35. The SMILES string of the molecule is CCN(Cc1noc(C)n1)C(=O)c1c(C)noc1C. The van der Waals surface area contributed by atoms with E-state index in [1.165, 1.54) is 0 Å². The second kappa shape index (κ2) is 5.21. The van der Waals surface area contributed by atoms with Gasteiger partial charge in [0, 0.05) is 13.5 Å². The van der Waals surface area contributed by atoms with Gasteiger partial charge in [0.15, 0.2) is 5.82 Å². The molecule has 0 atom stereocenters. The highest BCUT2D eigenvalue weighted by atomic mass is 16.5. The molecular formula is C12H16N4O3. The Morgan fingerprint density at radius 1 is 1.21 bits per heavy atom. The average molecular weight is 264 g/mol. The van der Waals surface area contributed by atoms with Gasteiger partial charge in [0.2, 0.25) is 5.89 Å². The van der Waals surface area contributed by atoms with Gasteiger partial charge < -0.3 is 13.9 Å². The smallest absolute Gasteiger partial charge is 0.259 e. The summed E-state index contributed by atoms with van der Waals surface area (Å²) in [7, 11) is 0. The Morgan fingerprint density at radius 3 is 2.42 bits per heavy atom. The topological polar surface area (TPSA) is 85.3 Å². The Balaban J connectivity index is 2.20. The second-order valence-corrected chi connectivity index (χ2v) is 4.25. The van der Waals surface area contributed by atoms with Crippen LogP contribution in [0.3, 0.4) is 0 Å². The van der Waals surface area contributed by atoms with Gasteiger partial charge in [-0.1, -0.05) is 10.3 Å². The lowest BCUT2D eigenvalue weighted by Gasteiger charge is -2.18. The first-order valence-corrected chi connectivity index (χ1v) is 6.04. The highest BCUT2D eigenvalue weighted by Gasteiger charge is 2.23. The zero-order valence-electron chi connectivity index (χ0n) is 11.4. The number of carbonyl (C=O) groups is 1. The summed E-state index contributed by atoms with van der Waals surface area (Å²) in [5, 5.41) is 7.59. The molecule has 0 unspecified atom stereocenters. The average Bonchev–Trinajstić information content (AvgIpc) is 2.92. The van der Waals surface area contributed by atoms with Crippen LogP contribution in [0.5, 0.6) is 0 Å². The fourth-order valence-corrected chi connectivity index (χ4v) is 1.85. The van der Waals surface area contributed by atoms with Crippen molar-refractivity contribution in [2.24, 2.45) is 0 Å². The van der Waals surface area contributed by atoms with Gasteiger partial charge in [0.25, 0.3) is 5.91 Å². The molecule has 2 aromatic heterocycles. The fourth-order valence-electron chi connectivity index (χ4n) is 1.85. The number of rotatable bonds is 4. The normalized spacial score (nSPS) is 10.7. The molecule has 0 aliphatic carbocycles. The zero-order valence-corrected chi connectivity index (χ0v) is 11.4. The van der Waals surface area contributed by atoms with Crippen molar-refractivity contribution in [2.75, 3.05) is 6.54 Å². The molecule has 0 N–H and O–H groups in total. The van der Waals surface area contributed by atoms with Crippen molar-refractivity contribution >= 4 is 5.91 Å². The molecule has 0 aliphatic rings. The molecule has 0 saturated heterocycles. The Morgan fingerprint density at radius 2 is 1.95 bits per heavy atom.